The van der Waals surface area contributed by atoms with E-state index < -0.39 is 0 Å². The van der Waals surface area contributed by atoms with Gasteiger partial charge in [-0.3, -0.25) is 9.59 Å². The highest BCUT2D eigenvalue weighted by atomic mass is 35.5. The molecule has 25 heavy (non-hydrogen) atoms. The van der Waals surface area contributed by atoms with Gasteiger partial charge in [0, 0.05) is 30.1 Å². The van der Waals surface area contributed by atoms with Gasteiger partial charge in [0.15, 0.2) is 0 Å². The molecule has 1 N–H and O–H groups in total. The van der Waals surface area contributed by atoms with Gasteiger partial charge in [0.05, 0.1) is 6.54 Å². The average molecular weight is 379 g/mol. The van der Waals surface area contributed by atoms with Gasteiger partial charge >= 0.3 is 0 Å². The van der Waals surface area contributed by atoms with E-state index in [9.17, 15) is 9.59 Å². The molecule has 0 spiro atoms. The Morgan fingerprint density at radius 3 is 2.52 bits per heavy atom. The van der Waals surface area contributed by atoms with Crippen LogP contribution in [0.1, 0.15) is 18.1 Å². The van der Waals surface area contributed by atoms with Crippen molar-refractivity contribution >= 4 is 35.0 Å². The molecule has 0 aliphatic carbocycles. The fourth-order valence-electron chi connectivity index (χ4n) is 2.38. The van der Waals surface area contributed by atoms with Crippen molar-refractivity contribution in [2.75, 3.05) is 13.1 Å². The first-order chi connectivity index (χ1) is 12.0. The minimum absolute atomic E-state index is 0.00387. The number of nitrogens with zero attached hydrogens (tertiary/aromatic N) is 1. The molecule has 6 heteroatoms. The Balaban J connectivity index is 1.85. The lowest BCUT2D eigenvalue weighted by atomic mass is 10.1. The van der Waals surface area contributed by atoms with Crippen molar-refractivity contribution < 1.29 is 9.59 Å². The number of halogens is 2. The zero-order valence-corrected chi connectivity index (χ0v) is 15.5. The first-order valence-corrected chi connectivity index (χ1v) is 8.71. The molecule has 0 bridgehead atoms. The third-order valence-electron chi connectivity index (χ3n) is 3.72. The van der Waals surface area contributed by atoms with E-state index in [1.165, 1.54) is 11.8 Å². The summed E-state index contributed by atoms with van der Waals surface area (Å²) in [4.78, 5) is 25.4. The molecule has 0 heterocycles. The summed E-state index contributed by atoms with van der Waals surface area (Å²) in [5, 5.41) is 4.08. The van der Waals surface area contributed by atoms with Crippen LogP contribution in [0.25, 0.3) is 0 Å². The maximum Gasteiger partial charge on any atom is 0.239 e. The third-order valence-corrected chi connectivity index (χ3v) is 4.33. The Labute approximate surface area is 157 Å². The SMILES string of the molecule is CC(=O)N(CC(=O)NCCc1cccc(Cl)c1)Cc1ccccc1Cl. The predicted octanol–water partition coefficient (Wildman–Crippen LogP) is 3.70. The van der Waals surface area contributed by atoms with Crippen LogP contribution in [0.5, 0.6) is 0 Å². The predicted molar refractivity (Wildman–Crippen MR) is 101 cm³/mol. The van der Waals surface area contributed by atoms with E-state index in [1.54, 1.807) is 6.07 Å². The second kappa shape index (κ2) is 9.44. The third kappa shape index (κ3) is 6.40. The molecule has 2 aromatic rings. The monoisotopic (exact) mass is 378 g/mol. The second-order valence-electron chi connectivity index (χ2n) is 5.70. The molecule has 2 rings (SSSR count). The number of hydrogen-bond acceptors (Lipinski definition) is 2. The topological polar surface area (TPSA) is 49.4 Å². The maximum atomic E-state index is 12.1. The standard InChI is InChI=1S/C19H20Cl2N2O2/c1-14(24)23(12-16-6-2-3-8-18(16)21)13-19(25)22-10-9-15-5-4-7-17(20)11-15/h2-8,11H,9-10,12-13H2,1H3,(H,22,25). The first-order valence-electron chi connectivity index (χ1n) is 7.96. The molecule has 0 atom stereocenters. The summed E-state index contributed by atoms with van der Waals surface area (Å²) in [5.74, 6) is -0.380. The highest BCUT2D eigenvalue weighted by Gasteiger charge is 2.15. The summed E-state index contributed by atoms with van der Waals surface area (Å²) >= 11 is 12.1. The van der Waals surface area contributed by atoms with Crippen molar-refractivity contribution in [1.82, 2.24) is 10.2 Å². The van der Waals surface area contributed by atoms with E-state index in [0.717, 1.165) is 11.1 Å². The zero-order valence-electron chi connectivity index (χ0n) is 14.0. The lowest BCUT2D eigenvalue weighted by molar-refractivity contribution is -0.134. The zero-order chi connectivity index (χ0) is 18.2. The Hall–Kier alpha value is -2.04. The number of benzene rings is 2. The van der Waals surface area contributed by atoms with Gasteiger partial charge in [-0.2, -0.15) is 0 Å². The molecule has 0 fully saturated rings. The molecule has 0 aliphatic rings. The van der Waals surface area contributed by atoms with Gasteiger partial charge in [0.1, 0.15) is 0 Å². The van der Waals surface area contributed by atoms with Crippen LogP contribution in [0.3, 0.4) is 0 Å². The molecule has 2 aromatic carbocycles. The van der Waals surface area contributed by atoms with Gasteiger partial charge in [-0.25, -0.2) is 0 Å². The molecule has 0 radical (unpaired) electrons. The van der Waals surface area contributed by atoms with Crippen LogP contribution in [0, 0.1) is 0 Å². The number of carbonyl (C=O) groups excluding carboxylic acids is 2. The van der Waals surface area contributed by atoms with Crippen LogP contribution >= 0.6 is 23.2 Å². The second-order valence-corrected chi connectivity index (χ2v) is 6.54. The van der Waals surface area contributed by atoms with Gasteiger partial charge in [-0.1, -0.05) is 53.5 Å². The van der Waals surface area contributed by atoms with E-state index in [4.69, 9.17) is 23.2 Å². The Morgan fingerprint density at radius 1 is 1.08 bits per heavy atom. The summed E-state index contributed by atoms with van der Waals surface area (Å²) in [6.07, 6.45) is 0.677. The summed E-state index contributed by atoms with van der Waals surface area (Å²) in [5.41, 5.74) is 1.86. The van der Waals surface area contributed by atoms with Crippen LogP contribution in [0.15, 0.2) is 48.5 Å². The van der Waals surface area contributed by atoms with Crippen LogP contribution < -0.4 is 5.32 Å². The van der Waals surface area contributed by atoms with Crippen LogP contribution in [0.4, 0.5) is 0 Å². The van der Waals surface area contributed by atoms with Gasteiger partial charge in [-0.05, 0) is 35.7 Å². The minimum atomic E-state index is -0.204. The first kappa shape index (κ1) is 19.3. The van der Waals surface area contributed by atoms with Gasteiger partial charge in [-0.15, -0.1) is 0 Å². The Morgan fingerprint density at radius 2 is 1.84 bits per heavy atom. The molecule has 2 amide bonds. The van der Waals surface area contributed by atoms with E-state index in [-0.39, 0.29) is 18.4 Å². The highest BCUT2D eigenvalue weighted by Crippen LogP contribution is 2.17. The molecule has 0 saturated carbocycles. The van der Waals surface area contributed by atoms with Gasteiger partial charge in [0.2, 0.25) is 11.8 Å². The van der Waals surface area contributed by atoms with Crippen LogP contribution in [-0.4, -0.2) is 29.8 Å². The lowest BCUT2D eigenvalue weighted by Gasteiger charge is -2.21. The molecule has 0 saturated heterocycles. The summed E-state index contributed by atoms with van der Waals surface area (Å²) < 4.78 is 0. The minimum Gasteiger partial charge on any atom is -0.354 e. The Bertz CT molecular complexity index is 750. The fraction of sp³-hybridized carbons (Fsp3) is 0.263. The number of hydrogen-bond donors (Lipinski definition) is 1. The van der Waals surface area contributed by atoms with Crippen molar-refractivity contribution in [3.63, 3.8) is 0 Å². The molecular formula is C19H20Cl2N2O2. The lowest BCUT2D eigenvalue weighted by Crippen LogP contribution is -2.40. The highest BCUT2D eigenvalue weighted by molar-refractivity contribution is 6.31. The summed E-state index contributed by atoms with van der Waals surface area (Å²) in [7, 11) is 0. The molecular weight excluding hydrogens is 359 g/mol. The maximum absolute atomic E-state index is 12.1. The van der Waals surface area contributed by atoms with E-state index >= 15 is 0 Å². The normalized spacial score (nSPS) is 10.4. The van der Waals surface area contributed by atoms with E-state index in [2.05, 4.69) is 5.32 Å². The molecule has 4 nitrogen and oxygen atoms in total. The van der Waals surface area contributed by atoms with Crippen molar-refractivity contribution in [2.24, 2.45) is 0 Å². The number of rotatable bonds is 7. The summed E-state index contributed by atoms with van der Waals surface area (Å²) in [6, 6.07) is 14.8. The largest absolute Gasteiger partial charge is 0.354 e. The molecule has 132 valence electrons. The van der Waals surface area contributed by atoms with Crippen LogP contribution in [0.2, 0.25) is 10.0 Å². The molecule has 0 aliphatic heterocycles. The molecule has 0 aromatic heterocycles. The number of amides is 2. The average Bonchev–Trinajstić information content (AvgIpc) is 2.56. The van der Waals surface area contributed by atoms with Crippen molar-refractivity contribution in [1.29, 1.82) is 0 Å². The number of carbonyl (C=O) groups is 2. The fourth-order valence-corrected chi connectivity index (χ4v) is 2.79. The Kier molecular flexibility index (Phi) is 7.29. The summed E-state index contributed by atoms with van der Waals surface area (Å²) in [6.45, 7) is 2.22. The van der Waals surface area contributed by atoms with Crippen molar-refractivity contribution in [2.45, 2.75) is 19.9 Å². The van der Waals surface area contributed by atoms with Gasteiger partial charge in [0.25, 0.3) is 0 Å². The quantitative estimate of drug-likeness (QED) is 0.798. The van der Waals surface area contributed by atoms with E-state index in [1.807, 2.05) is 42.5 Å². The number of nitrogens with one attached hydrogen (secondary N) is 1. The van der Waals surface area contributed by atoms with Crippen molar-refractivity contribution in [3.05, 3.63) is 69.7 Å². The van der Waals surface area contributed by atoms with Crippen LogP contribution in [-0.2, 0) is 22.6 Å². The van der Waals surface area contributed by atoms with Gasteiger partial charge < -0.3 is 10.2 Å². The van der Waals surface area contributed by atoms with Crippen molar-refractivity contribution in [3.8, 4) is 0 Å². The smallest absolute Gasteiger partial charge is 0.239 e. The molecule has 0 unspecified atom stereocenters. The van der Waals surface area contributed by atoms with E-state index in [0.29, 0.717) is 29.6 Å².